The maximum absolute atomic E-state index is 5.65. The van der Waals surface area contributed by atoms with Crippen molar-refractivity contribution in [2.45, 2.75) is 12.5 Å². The summed E-state index contributed by atoms with van der Waals surface area (Å²) in [7, 11) is 0. The van der Waals surface area contributed by atoms with E-state index in [1.54, 1.807) is 12.4 Å². The lowest BCUT2D eigenvalue weighted by molar-refractivity contribution is 0.122. The van der Waals surface area contributed by atoms with E-state index in [2.05, 4.69) is 29.7 Å². The van der Waals surface area contributed by atoms with Gasteiger partial charge in [0.2, 0.25) is 11.9 Å². The summed E-state index contributed by atoms with van der Waals surface area (Å²) in [5, 5.41) is 3.40. The normalized spacial score (nSPS) is 20.4. The van der Waals surface area contributed by atoms with Gasteiger partial charge in [-0.1, -0.05) is 0 Å². The van der Waals surface area contributed by atoms with Crippen LogP contribution in [0.2, 0.25) is 0 Å². The molecule has 3 aromatic heterocycles. The Morgan fingerprint density at radius 1 is 1.11 bits per heavy atom. The number of rotatable bonds is 3. The number of aromatic nitrogens is 6. The summed E-state index contributed by atoms with van der Waals surface area (Å²) in [6, 6.07) is 0.345. The second-order valence-electron chi connectivity index (χ2n) is 6.77. The largest absolute Gasteiger partial charge is 0.378 e. The van der Waals surface area contributed by atoms with Crippen LogP contribution in [0.25, 0.3) is 22.4 Å². The van der Waals surface area contributed by atoms with Crippen LogP contribution in [0.5, 0.6) is 0 Å². The van der Waals surface area contributed by atoms with E-state index >= 15 is 0 Å². The Bertz CT molecular complexity index is 943. The zero-order valence-corrected chi connectivity index (χ0v) is 14.9. The molecule has 0 aliphatic carbocycles. The predicted octanol–water partition coefficient (Wildman–Crippen LogP) is 0.236. The second kappa shape index (κ2) is 6.71. The van der Waals surface area contributed by atoms with Crippen LogP contribution in [-0.2, 0) is 4.74 Å². The number of imidazole rings is 1. The number of anilines is 2. The molecule has 3 aromatic rings. The van der Waals surface area contributed by atoms with Crippen molar-refractivity contribution in [1.82, 2.24) is 34.8 Å². The van der Waals surface area contributed by atoms with Crippen molar-refractivity contribution < 1.29 is 4.74 Å². The van der Waals surface area contributed by atoms with Crippen LogP contribution in [-0.4, -0.2) is 68.9 Å². The standard InChI is InChI=1S/C17H21N9O/c18-16-20-7-11(8-21-16)13-14-15(26(10-22-14)12-1-2-19-9-12)24-17(23-13)25-3-5-27-6-4-25/h7-8,10,12,19H,1-6,9H2,(H2,18,20,21). The van der Waals surface area contributed by atoms with E-state index in [0.717, 1.165) is 55.0 Å². The summed E-state index contributed by atoms with van der Waals surface area (Å²) in [5.74, 6) is 0.922. The Balaban J connectivity index is 1.67. The quantitative estimate of drug-likeness (QED) is 0.670. The average molecular weight is 367 g/mol. The van der Waals surface area contributed by atoms with Crippen LogP contribution in [0.3, 0.4) is 0 Å². The first-order chi connectivity index (χ1) is 13.3. The van der Waals surface area contributed by atoms with Crippen molar-refractivity contribution in [3.05, 3.63) is 18.7 Å². The van der Waals surface area contributed by atoms with Gasteiger partial charge in [0.05, 0.1) is 25.6 Å². The monoisotopic (exact) mass is 367 g/mol. The van der Waals surface area contributed by atoms with Gasteiger partial charge in [0.1, 0.15) is 11.2 Å². The molecule has 0 saturated carbocycles. The van der Waals surface area contributed by atoms with Crippen LogP contribution in [0.4, 0.5) is 11.9 Å². The summed E-state index contributed by atoms with van der Waals surface area (Å²) >= 11 is 0. The minimum atomic E-state index is 0.236. The smallest absolute Gasteiger partial charge is 0.228 e. The summed E-state index contributed by atoms with van der Waals surface area (Å²) in [5.41, 5.74) is 8.75. The molecule has 0 bridgehead atoms. The van der Waals surface area contributed by atoms with Gasteiger partial charge < -0.3 is 25.3 Å². The molecule has 27 heavy (non-hydrogen) atoms. The fraction of sp³-hybridized carbons (Fsp3) is 0.471. The lowest BCUT2D eigenvalue weighted by Crippen LogP contribution is -2.37. The molecule has 140 valence electrons. The van der Waals surface area contributed by atoms with Gasteiger partial charge in [-0.3, -0.25) is 0 Å². The molecule has 1 atom stereocenters. The summed E-state index contributed by atoms with van der Waals surface area (Å²) in [6.07, 6.45) is 6.29. The number of nitrogens with zero attached hydrogens (tertiary/aromatic N) is 7. The molecule has 0 spiro atoms. The number of nitrogens with one attached hydrogen (secondary N) is 1. The van der Waals surface area contributed by atoms with Gasteiger partial charge in [0, 0.05) is 37.6 Å². The van der Waals surface area contributed by atoms with Gasteiger partial charge in [-0.25, -0.2) is 19.9 Å². The van der Waals surface area contributed by atoms with E-state index in [4.69, 9.17) is 20.4 Å². The van der Waals surface area contributed by atoms with Crippen molar-refractivity contribution in [2.24, 2.45) is 0 Å². The molecule has 10 heteroatoms. The highest BCUT2D eigenvalue weighted by atomic mass is 16.5. The van der Waals surface area contributed by atoms with Crippen LogP contribution >= 0.6 is 0 Å². The third-order valence-corrected chi connectivity index (χ3v) is 5.08. The van der Waals surface area contributed by atoms with Crippen molar-refractivity contribution in [1.29, 1.82) is 0 Å². The average Bonchev–Trinajstić information content (AvgIpc) is 3.38. The number of fused-ring (bicyclic) bond motifs is 1. The summed E-state index contributed by atoms with van der Waals surface area (Å²) < 4.78 is 7.63. The van der Waals surface area contributed by atoms with Crippen molar-refractivity contribution >= 4 is 23.1 Å². The number of hydrogen-bond acceptors (Lipinski definition) is 9. The zero-order chi connectivity index (χ0) is 18.2. The van der Waals surface area contributed by atoms with Gasteiger partial charge in [-0.05, 0) is 13.0 Å². The molecule has 0 aromatic carbocycles. The number of ether oxygens (including phenoxy) is 1. The van der Waals surface area contributed by atoms with Gasteiger partial charge in [0.25, 0.3) is 0 Å². The van der Waals surface area contributed by atoms with E-state index in [0.29, 0.717) is 25.2 Å². The Morgan fingerprint density at radius 2 is 1.93 bits per heavy atom. The van der Waals surface area contributed by atoms with Crippen LogP contribution < -0.4 is 16.0 Å². The molecule has 3 N–H and O–H groups in total. The Kier molecular flexibility index (Phi) is 4.06. The second-order valence-corrected chi connectivity index (χ2v) is 6.77. The van der Waals surface area contributed by atoms with Crippen LogP contribution in [0.15, 0.2) is 18.7 Å². The van der Waals surface area contributed by atoms with Crippen molar-refractivity contribution in [3.63, 3.8) is 0 Å². The minimum absolute atomic E-state index is 0.236. The van der Waals surface area contributed by atoms with Crippen molar-refractivity contribution in [3.8, 4) is 11.3 Å². The Labute approximate surface area is 155 Å². The summed E-state index contributed by atoms with van der Waals surface area (Å²) in [4.78, 5) is 24.7. The Morgan fingerprint density at radius 3 is 2.67 bits per heavy atom. The molecule has 2 saturated heterocycles. The molecule has 0 radical (unpaired) electrons. The minimum Gasteiger partial charge on any atom is -0.378 e. The van der Waals surface area contributed by atoms with Gasteiger partial charge in [0.15, 0.2) is 5.65 Å². The SMILES string of the molecule is Nc1ncc(-c2nc(N3CCOCC3)nc3c2ncn3C2CCNC2)cn1. The van der Waals surface area contributed by atoms with Gasteiger partial charge >= 0.3 is 0 Å². The molecule has 2 aliphatic rings. The zero-order valence-electron chi connectivity index (χ0n) is 14.9. The maximum atomic E-state index is 5.65. The first kappa shape index (κ1) is 16.3. The molecular weight excluding hydrogens is 346 g/mol. The van der Waals surface area contributed by atoms with E-state index in [1.807, 2.05) is 6.33 Å². The molecule has 5 heterocycles. The number of hydrogen-bond donors (Lipinski definition) is 2. The molecule has 1 unspecified atom stereocenters. The first-order valence-corrected chi connectivity index (χ1v) is 9.15. The fourth-order valence-corrected chi connectivity index (χ4v) is 3.62. The highest BCUT2D eigenvalue weighted by molar-refractivity contribution is 5.88. The highest BCUT2D eigenvalue weighted by Gasteiger charge is 2.24. The topological polar surface area (TPSA) is 120 Å². The number of nitrogens with two attached hydrogens (primary N) is 1. The lowest BCUT2D eigenvalue weighted by Gasteiger charge is -2.27. The summed E-state index contributed by atoms with van der Waals surface area (Å²) in [6.45, 7) is 4.80. The molecule has 10 nitrogen and oxygen atoms in total. The van der Waals surface area contributed by atoms with E-state index in [-0.39, 0.29) is 5.95 Å². The Hall–Kier alpha value is -2.85. The maximum Gasteiger partial charge on any atom is 0.228 e. The number of nitrogen functional groups attached to an aromatic ring is 1. The number of morpholine rings is 1. The highest BCUT2D eigenvalue weighted by Crippen LogP contribution is 2.29. The van der Waals surface area contributed by atoms with Crippen LogP contribution in [0, 0.1) is 0 Å². The predicted molar refractivity (Wildman–Crippen MR) is 100 cm³/mol. The van der Waals surface area contributed by atoms with E-state index in [9.17, 15) is 0 Å². The van der Waals surface area contributed by atoms with Gasteiger partial charge in [-0.15, -0.1) is 0 Å². The van der Waals surface area contributed by atoms with Crippen LogP contribution in [0.1, 0.15) is 12.5 Å². The third kappa shape index (κ3) is 2.96. The molecule has 2 aliphatic heterocycles. The first-order valence-electron chi connectivity index (χ1n) is 9.15. The molecule has 2 fully saturated rings. The third-order valence-electron chi connectivity index (χ3n) is 5.08. The van der Waals surface area contributed by atoms with E-state index < -0.39 is 0 Å². The molecule has 0 amide bonds. The van der Waals surface area contributed by atoms with Gasteiger partial charge in [-0.2, -0.15) is 4.98 Å². The van der Waals surface area contributed by atoms with Crippen molar-refractivity contribution in [2.75, 3.05) is 50.0 Å². The van der Waals surface area contributed by atoms with E-state index in [1.165, 1.54) is 0 Å². The molecular formula is C17H21N9O. The molecule has 5 rings (SSSR count). The lowest BCUT2D eigenvalue weighted by atomic mass is 10.2. The fourth-order valence-electron chi connectivity index (χ4n) is 3.62.